The minimum Gasteiger partial charge on any atom is -0.496 e. The lowest BCUT2D eigenvalue weighted by Gasteiger charge is -2.10. The first-order valence-corrected chi connectivity index (χ1v) is 6.50. The van der Waals surface area contributed by atoms with Crippen molar-refractivity contribution < 1.29 is 9.53 Å². The first kappa shape index (κ1) is 14.1. The van der Waals surface area contributed by atoms with Crippen LogP contribution in [0, 0.1) is 13.8 Å². The van der Waals surface area contributed by atoms with Crippen molar-refractivity contribution in [2.24, 2.45) is 0 Å². The van der Waals surface area contributed by atoms with Gasteiger partial charge in [-0.3, -0.25) is 4.79 Å². The van der Waals surface area contributed by atoms with Crippen molar-refractivity contribution in [2.75, 3.05) is 12.8 Å². The molecule has 0 amide bonds. The summed E-state index contributed by atoms with van der Waals surface area (Å²) in [5.74, 6) is 1.23. The Morgan fingerprint density at radius 3 is 2.60 bits per heavy atom. The Balaban J connectivity index is 2.68. The summed E-state index contributed by atoms with van der Waals surface area (Å²) in [5.41, 5.74) is 9.92. The van der Waals surface area contributed by atoms with Crippen LogP contribution in [0.5, 0.6) is 5.75 Å². The smallest absolute Gasteiger partial charge is 0.156 e. The molecule has 1 aromatic heterocycles. The maximum absolute atomic E-state index is 11.3. The van der Waals surface area contributed by atoms with E-state index in [0.29, 0.717) is 23.6 Å². The van der Waals surface area contributed by atoms with Gasteiger partial charge in [0.05, 0.1) is 12.7 Å². The second-order valence-electron chi connectivity index (χ2n) is 4.72. The number of methoxy groups -OCH3 is 1. The summed E-state index contributed by atoms with van der Waals surface area (Å²) in [4.78, 5) is 11.3. The Labute approximate surface area is 118 Å². The van der Waals surface area contributed by atoms with Crippen LogP contribution in [0.15, 0.2) is 12.1 Å². The van der Waals surface area contributed by atoms with E-state index < -0.39 is 0 Å². The number of aromatic nitrogens is 2. The van der Waals surface area contributed by atoms with Gasteiger partial charge in [-0.2, -0.15) is 5.10 Å². The highest BCUT2D eigenvalue weighted by Crippen LogP contribution is 2.32. The summed E-state index contributed by atoms with van der Waals surface area (Å²) < 4.78 is 6.94. The molecule has 2 N–H and O–H groups in total. The third-order valence-electron chi connectivity index (χ3n) is 3.44. The van der Waals surface area contributed by atoms with Crippen LogP contribution in [0.3, 0.4) is 0 Å². The van der Waals surface area contributed by atoms with E-state index >= 15 is 0 Å². The lowest BCUT2D eigenvalue weighted by molar-refractivity contribution is 0.112. The topological polar surface area (TPSA) is 70.1 Å². The molecule has 0 spiro atoms. The van der Waals surface area contributed by atoms with Crippen molar-refractivity contribution in [1.29, 1.82) is 0 Å². The summed E-state index contributed by atoms with van der Waals surface area (Å²) in [6.45, 7) is 6.49. The quantitative estimate of drug-likeness (QED) is 0.869. The molecule has 0 radical (unpaired) electrons. The Kier molecular flexibility index (Phi) is 3.79. The SMILES string of the molecule is CCn1nc(-c2cc(C)c(OC)cc2C)c(C=O)c1N. The number of nitrogen functional groups attached to an aromatic ring is 1. The van der Waals surface area contributed by atoms with Crippen LogP contribution in [0.25, 0.3) is 11.3 Å². The molecule has 0 atom stereocenters. The maximum Gasteiger partial charge on any atom is 0.156 e. The highest BCUT2D eigenvalue weighted by Gasteiger charge is 2.18. The van der Waals surface area contributed by atoms with Gasteiger partial charge < -0.3 is 10.5 Å². The molecule has 0 aliphatic rings. The van der Waals surface area contributed by atoms with Gasteiger partial charge in [0, 0.05) is 12.1 Å². The van der Waals surface area contributed by atoms with Gasteiger partial charge in [-0.15, -0.1) is 0 Å². The summed E-state index contributed by atoms with van der Waals surface area (Å²) >= 11 is 0. The number of nitrogens with two attached hydrogens (primary N) is 1. The number of anilines is 1. The molecule has 0 aliphatic heterocycles. The lowest BCUT2D eigenvalue weighted by atomic mass is 9.99. The Hall–Kier alpha value is -2.30. The molecule has 0 fully saturated rings. The molecule has 0 unspecified atom stereocenters. The fraction of sp³-hybridized carbons (Fsp3) is 0.333. The highest BCUT2D eigenvalue weighted by atomic mass is 16.5. The van der Waals surface area contributed by atoms with Crippen LogP contribution in [-0.4, -0.2) is 23.2 Å². The van der Waals surface area contributed by atoms with E-state index in [4.69, 9.17) is 10.5 Å². The molecule has 106 valence electrons. The molecule has 5 nitrogen and oxygen atoms in total. The molecule has 2 aromatic rings. The van der Waals surface area contributed by atoms with Crippen molar-refractivity contribution in [3.05, 3.63) is 28.8 Å². The van der Waals surface area contributed by atoms with Crippen molar-refractivity contribution >= 4 is 12.1 Å². The summed E-state index contributed by atoms with van der Waals surface area (Å²) in [5, 5.41) is 4.45. The number of rotatable bonds is 4. The fourth-order valence-electron chi connectivity index (χ4n) is 2.31. The van der Waals surface area contributed by atoms with Gasteiger partial charge in [0.1, 0.15) is 17.3 Å². The second kappa shape index (κ2) is 5.36. The normalized spacial score (nSPS) is 10.6. The monoisotopic (exact) mass is 273 g/mol. The highest BCUT2D eigenvalue weighted by molar-refractivity contribution is 5.92. The van der Waals surface area contributed by atoms with E-state index in [0.717, 1.165) is 28.7 Å². The molecule has 20 heavy (non-hydrogen) atoms. The summed E-state index contributed by atoms with van der Waals surface area (Å²) in [7, 11) is 1.64. The van der Waals surface area contributed by atoms with Crippen LogP contribution < -0.4 is 10.5 Å². The molecule has 2 rings (SSSR count). The number of hydrogen-bond acceptors (Lipinski definition) is 4. The Bertz CT molecular complexity index is 660. The largest absolute Gasteiger partial charge is 0.496 e. The molecule has 0 saturated carbocycles. The molecule has 1 heterocycles. The van der Waals surface area contributed by atoms with E-state index in [-0.39, 0.29) is 0 Å². The number of nitrogens with zero attached hydrogens (tertiary/aromatic N) is 2. The molecule has 1 aromatic carbocycles. The third kappa shape index (κ3) is 2.15. The predicted octanol–water partition coefficient (Wildman–Crippen LogP) is 2.59. The number of ether oxygens (including phenoxy) is 1. The zero-order valence-corrected chi connectivity index (χ0v) is 12.2. The minimum atomic E-state index is 0.408. The van der Waals surface area contributed by atoms with Gasteiger partial charge in [0.2, 0.25) is 0 Å². The zero-order chi connectivity index (χ0) is 14.9. The molecular weight excluding hydrogens is 254 g/mol. The minimum absolute atomic E-state index is 0.408. The number of aldehydes is 1. The van der Waals surface area contributed by atoms with E-state index in [2.05, 4.69) is 5.10 Å². The molecule has 5 heteroatoms. The molecule has 0 aliphatic carbocycles. The van der Waals surface area contributed by atoms with Crippen LogP contribution >= 0.6 is 0 Å². The average molecular weight is 273 g/mol. The lowest BCUT2D eigenvalue weighted by Crippen LogP contribution is -2.02. The van der Waals surface area contributed by atoms with Gasteiger partial charge >= 0.3 is 0 Å². The van der Waals surface area contributed by atoms with Gasteiger partial charge in [-0.1, -0.05) is 0 Å². The zero-order valence-electron chi connectivity index (χ0n) is 12.2. The van der Waals surface area contributed by atoms with E-state index in [1.54, 1.807) is 11.8 Å². The van der Waals surface area contributed by atoms with Gasteiger partial charge in [-0.05, 0) is 44.0 Å². The predicted molar refractivity (Wildman–Crippen MR) is 79.2 cm³/mol. The maximum atomic E-state index is 11.3. The van der Waals surface area contributed by atoms with Gasteiger partial charge in [0.25, 0.3) is 0 Å². The van der Waals surface area contributed by atoms with Crippen molar-refractivity contribution in [3.8, 4) is 17.0 Å². The van der Waals surface area contributed by atoms with Crippen LogP contribution in [-0.2, 0) is 6.54 Å². The van der Waals surface area contributed by atoms with Crippen molar-refractivity contribution in [2.45, 2.75) is 27.3 Å². The second-order valence-corrected chi connectivity index (χ2v) is 4.72. The number of hydrogen-bond donors (Lipinski definition) is 1. The van der Waals surface area contributed by atoms with E-state index in [9.17, 15) is 4.79 Å². The van der Waals surface area contributed by atoms with E-state index in [1.807, 2.05) is 32.9 Å². The molecule has 0 bridgehead atoms. The number of carbonyl (C=O) groups is 1. The van der Waals surface area contributed by atoms with Crippen molar-refractivity contribution in [3.63, 3.8) is 0 Å². The van der Waals surface area contributed by atoms with Crippen molar-refractivity contribution in [1.82, 2.24) is 9.78 Å². The third-order valence-corrected chi connectivity index (χ3v) is 3.44. The van der Waals surface area contributed by atoms with Crippen LogP contribution in [0.4, 0.5) is 5.82 Å². The number of carbonyl (C=O) groups excluding carboxylic acids is 1. The van der Waals surface area contributed by atoms with Crippen LogP contribution in [0.2, 0.25) is 0 Å². The summed E-state index contributed by atoms with van der Waals surface area (Å²) in [6.07, 6.45) is 0.767. The molecule has 0 saturated heterocycles. The Morgan fingerprint density at radius 1 is 1.35 bits per heavy atom. The van der Waals surface area contributed by atoms with Gasteiger partial charge in [-0.25, -0.2) is 4.68 Å². The van der Waals surface area contributed by atoms with Gasteiger partial charge in [0.15, 0.2) is 6.29 Å². The first-order chi connectivity index (χ1) is 9.53. The Morgan fingerprint density at radius 2 is 2.05 bits per heavy atom. The average Bonchev–Trinajstić information content (AvgIpc) is 2.76. The number of benzene rings is 1. The first-order valence-electron chi connectivity index (χ1n) is 6.50. The molecular formula is C15H19N3O2. The number of aryl methyl sites for hydroxylation is 3. The fourth-order valence-corrected chi connectivity index (χ4v) is 2.31. The summed E-state index contributed by atoms with van der Waals surface area (Å²) in [6, 6.07) is 3.92. The van der Waals surface area contributed by atoms with Crippen LogP contribution in [0.1, 0.15) is 28.4 Å². The standard InChI is InChI=1S/C15H19N3O2/c1-5-18-15(16)12(8-19)14(17-18)11-6-10(3)13(20-4)7-9(11)2/h6-8H,5,16H2,1-4H3. The van der Waals surface area contributed by atoms with E-state index in [1.165, 1.54) is 0 Å².